The van der Waals surface area contributed by atoms with Crippen LogP contribution in [0.5, 0.6) is 0 Å². The van der Waals surface area contributed by atoms with E-state index in [0.717, 1.165) is 25.7 Å². The summed E-state index contributed by atoms with van der Waals surface area (Å²) in [5.41, 5.74) is 2.34. The molecule has 8 heteroatoms. The first-order valence-electron chi connectivity index (χ1n) is 5.77. The molecule has 1 heterocycles. The van der Waals surface area contributed by atoms with E-state index >= 15 is 0 Å². The van der Waals surface area contributed by atoms with Crippen LogP contribution in [0.4, 0.5) is 5.82 Å². The van der Waals surface area contributed by atoms with Gasteiger partial charge in [-0.05, 0) is 17.8 Å². The summed E-state index contributed by atoms with van der Waals surface area (Å²) in [6, 6.07) is 1.24. The second-order valence-corrected chi connectivity index (χ2v) is 4.18. The summed E-state index contributed by atoms with van der Waals surface area (Å²) in [5.74, 6) is -0.653. The molecule has 1 aromatic rings. The Kier molecular flexibility index (Phi) is 3.88. The molecule has 0 radical (unpaired) electrons. The van der Waals surface area contributed by atoms with E-state index in [1.807, 2.05) is 0 Å². The average molecular weight is 254 g/mol. The van der Waals surface area contributed by atoms with Gasteiger partial charge < -0.3 is 10.1 Å². The van der Waals surface area contributed by atoms with Crippen molar-refractivity contribution < 1.29 is 14.6 Å². The number of hydroxylamine groups is 1. The van der Waals surface area contributed by atoms with Crippen LogP contribution >= 0.6 is 0 Å². The number of amides is 1. The highest BCUT2D eigenvalue weighted by atomic mass is 16.7. The van der Waals surface area contributed by atoms with E-state index in [-0.39, 0.29) is 24.4 Å². The molecule has 18 heavy (non-hydrogen) atoms. The molecule has 0 atom stereocenters. The number of nitro groups is 1. The summed E-state index contributed by atoms with van der Waals surface area (Å²) in [4.78, 5) is 26.5. The lowest BCUT2D eigenvalue weighted by Gasteiger charge is -2.10. The average Bonchev–Trinajstić information content (AvgIpc) is 2.96. The molecule has 8 nitrogen and oxygen atoms in total. The van der Waals surface area contributed by atoms with Crippen LogP contribution < -0.4 is 5.48 Å². The van der Waals surface area contributed by atoms with Crippen molar-refractivity contribution >= 4 is 11.7 Å². The minimum Gasteiger partial charge on any atom is -0.358 e. The molecule has 0 saturated heterocycles. The zero-order chi connectivity index (χ0) is 13.0. The second kappa shape index (κ2) is 5.58. The van der Waals surface area contributed by atoms with E-state index in [0.29, 0.717) is 0 Å². The van der Waals surface area contributed by atoms with Crippen LogP contribution in [-0.2, 0) is 16.2 Å². The van der Waals surface area contributed by atoms with Gasteiger partial charge in [0.1, 0.15) is 6.54 Å². The highest BCUT2D eigenvalue weighted by Crippen LogP contribution is 2.19. The zero-order valence-corrected chi connectivity index (χ0v) is 9.74. The molecule has 1 amide bonds. The van der Waals surface area contributed by atoms with Crippen LogP contribution in [-0.4, -0.2) is 26.7 Å². The Bertz CT molecular complexity index is 439. The molecule has 0 aromatic carbocycles. The molecular weight excluding hydrogens is 240 g/mol. The van der Waals surface area contributed by atoms with Gasteiger partial charge in [0.15, 0.2) is 0 Å². The smallest absolute Gasteiger partial charge is 0.358 e. The Morgan fingerprint density at radius 1 is 1.61 bits per heavy atom. The van der Waals surface area contributed by atoms with Gasteiger partial charge in [0.2, 0.25) is 0 Å². The van der Waals surface area contributed by atoms with Crippen molar-refractivity contribution in [3.05, 3.63) is 22.4 Å². The number of hydrogen-bond acceptors (Lipinski definition) is 5. The maximum absolute atomic E-state index is 11.5. The number of nitrogens with zero attached hydrogens (tertiary/aromatic N) is 3. The minimum absolute atomic E-state index is 0.0842. The Labute approximate surface area is 103 Å². The Hall–Kier alpha value is -1.96. The van der Waals surface area contributed by atoms with Crippen LogP contribution in [0.1, 0.15) is 25.7 Å². The predicted octanol–water partition coefficient (Wildman–Crippen LogP) is 0.782. The van der Waals surface area contributed by atoms with Gasteiger partial charge in [-0.2, -0.15) is 4.68 Å². The maximum Gasteiger partial charge on any atom is 0.389 e. The fraction of sp³-hybridized carbons (Fsp3) is 0.600. The first-order valence-corrected chi connectivity index (χ1v) is 5.77. The number of carbonyl (C=O) groups excluding carboxylic acids is 1. The lowest BCUT2D eigenvalue weighted by atomic mass is 10.3. The molecule has 0 bridgehead atoms. The van der Waals surface area contributed by atoms with Crippen molar-refractivity contribution in [2.24, 2.45) is 0 Å². The largest absolute Gasteiger partial charge is 0.389 e. The van der Waals surface area contributed by atoms with Gasteiger partial charge in [-0.1, -0.05) is 12.8 Å². The molecule has 0 spiro atoms. The van der Waals surface area contributed by atoms with E-state index < -0.39 is 4.92 Å². The third-order valence-corrected chi connectivity index (χ3v) is 2.76. The first kappa shape index (κ1) is 12.5. The third-order valence-electron chi connectivity index (χ3n) is 2.76. The van der Waals surface area contributed by atoms with Crippen molar-refractivity contribution in [3.8, 4) is 0 Å². The normalized spacial score (nSPS) is 15.8. The molecular formula is C10H14N4O4. The summed E-state index contributed by atoms with van der Waals surface area (Å²) in [5, 5.41) is 14.0. The van der Waals surface area contributed by atoms with Gasteiger partial charge in [0.25, 0.3) is 5.91 Å². The number of carbonyl (C=O) groups is 1. The number of rotatable bonds is 5. The lowest BCUT2D eigenvalue weighted by molar-refractivity contribution is -0.389. The zero-order valence-electron chi connectivity index (χ0n) is 9.74. The van der Waals surface area contributed by atoms with Crippen molar-refractivity contribution in [2.75, 3.05) is 0 Å². The lowest BCUT2D eigenvalue weighted by Crippen LogP contribution is -2.31. The fourth-order valence-electron chi connectivity index (χ4n) is 1.87. The molecule has 1 aliphatic rings. The van der Waals surface area contributed by atoms with E-state index in [2.05, 4.69) is 10.6 Å². The molecule has 1 aromatic heterocycles. The van der Waals surface area contributed by atoms with Crippen LogP contribution in [0.3, 0.4) is 0 Å². The Morgan fingerprint density at radius 3 is 2.94 bits per heavy atom. The van der Waals surface area contributed by atoms with Crippen molar-refractivity contribution in [1.82, 2.24) is 15.3 Å². The molecule has 98 valence electrons. The molecule has 0 unspecified atom stereocenters. The predicted molar refractivity (Wildman–Crippen MR) is 60.4 cm³/mol. The summed E-state index contributed by atoms with van der Waals surface area (Å²) in [6.07, 6.45) is 5.60. The number of aromatic nitrogens is 2. The fourth-order valence-corrected chi connectivity index (χ4v) is 1.87. The summed E-state index contributed by atoms with van der Waals surface area (Å²) >= 11 is 0. The van der Waals surface area contributed by atoms with Gasteiger partial charge in [0, 0.05) is 0 Å². The third kappa shape index (κ3) is 3.27. The highest BCUT2D eigenvalue weighted by molar-refractivity contribution is 5.74. The van der Waals surface area contributed by atoms with Crippen molar-refractivity contribution in [1.29, 1.82) is 0 Å². The van der Waals surface area contributed by atoms with Crippen LogP contribution in [0.2, 0.25) is 0 Å². The molecule has 2 rings (SSSR count). The summed E-state index contributed by atoms with van der Waals surface area (Å²) in [7, 11) is 0. The van der Waals surface area contributed by atoms with Crippen LogP contribution in [0.25, 0.3) is 0 Å². The monoisotopic (exact) mass is 254 g/mol. The van der Waals surface area contributed by atoms with Gasteiger partial charge >= 0.3 is 5.82 Å². The Morgan fingerprint density at radius 2 is 2.33 bits per heavy atom. The van der Waals surface area contributed by atoms with Gasteiger partial charge in [0.05, 0.1) is 23.5 Å². The molecule has 1 aliphatic carbocycles. The Balaban J connectivity index is 1.77. The van der Waals surface area contributed by atoms with E-state index in [4.69, 9.17) is 4.84 Å². The SMILES string of the molecule is O=C(Cn1ccc([N+](=O)[O-])n1)NOC1CCCC1. The molecule has 1 saturated carbocycles. The molecule has 0 aliphatic heterocycles. The summed E-state index contributed by atoms with van der Waals surface area (Å²) in [6.45, 7) is -0.0967. The van der Waals surface area contributed by atoms with Crippen LogP contribution in [0, 0.1) is 10.1 Å². The number of nitrogens with one attached hydrogen (secondary N) is 1. The van der Waals surface area contributed by atoms with E-state index in [1.165, 1.54) is 16.9 Å². The standard InChI is InChI=1S/C10H14N4O4/c15-10(12-18-8-3-1-2-4-8)7-13-6-5-9(11-13)14(16)17/h5-6,8H,1-4,7H2,(H,12,15). The van der Waals surface area contributed by atoms with Gasteiger partial charge in [-0.25, -0.2) is 5.48 Å². The topological polar surface area (TPSA) is 99.3 Å². The molecule has 1 N–H and O–H groups in total. The summed E-state index contributed by atoms with van der Waals surface area (Å²) < 4.78 is 1.20. The van der Waals surface area contributed by atoms with E-state index in [9.17, 15) is 14.9 Å². The van der Waals surface area contributed by atoms with Crippen molar-refractivity contribution in [2.45, 2.75) is 38.3 Å². The minimum atomic E-state index is -0.608. The maximum atomic E-state index is 11.5. The second-order valence-electron chi connectivity index (χ2n) is 4.18. The quantitative estimate of drug-likeness (QED) is 0.618. The van der Waals surface area contributed by atoms with E-state index in [1.54, 1.807) is 0 Å². The van der Waals surface area contributed by atoms with Gasteiger partial charge in [-0.15, -0.1) is 0 Å². The van der Waals surface area contributed by atoms with Gasteiger partial charge in [-0.3, -0.25) is 9.63 Å². The highest BCUT2D eigenvalue weighted by Gasteiger charge is 2.18. The molecule has 1 fully saturated rings. The van der Waals surface area contributed by atoms with Crippen LogP contribution in [0.15, 0.2) is 12.3 Å². The van der Waals surface area contributed by atoms with Crippen molar-refractivity contribution in [3.63, 3.8) is 0 Å². The first-order chi connectivity index (χ1) is 8.65. The number of hydrogen-bond donors (Lipinski definition) is 1.